The van der Waals surface area contributed by atoms with Crippen LogP contribution in [0.15, 0.2) is 36.7 Å². The summed E-state index contributed by atoms with van der Waals surface area (Å²) in [5.41, 5.74) is 2.26. The summed E-state index contributed by atoms with van der Waals surface area (Å²) in [7, 11) is 0. The topological polar surface area (TPSA) is 87.1 Å². The zero-order chi connectivity index (χ0) is 19.2. The number of hydrogen-bond acceptors (Lipinski definition) is 6. The molecule has 3 N–H and O–H groups in total. The number of aliphatic hydroxyl groups excluding tert-OH is 1. The van der Waals surface area contributed by atoms with Crippen molar-refractivity contribution in [2.24, 2.45) is 0 Å². The highest BCUT2D eigenvalue weighted by atomic mass is 32.1. The van der Waals surface area contributed by atoms with Gasteiger partial charge in [0.2, 0.25) is 5.91 Å². The number of aryl methyl sites for hydroxylation is 1. The van der Waals surface area contributed by atoms with Gasteiger partial charge in [-0.1, -0.05) is 37.3 Å². The third kappa shape index (κ3) is 4.43. The molecule has 0 spiro atoms. The lowest BCUT2D eigenvalue weighted by molar-refractivity contribution is -0.121. The molecule has 6 nitrogen and oxygen atoms in total. The fraction of sp³-hybridized carbons (Fsp3) is 0.350. The molecule has 0 aliphatic heterocycles. The minimum atomic E-state index is -0.188. The van der Waals surface area contributed by atoms with Gasteiger partial charge in [-0.3, -0.25) is 4.79 Å². The van der Waals surface area contributed by atoms with E-state index in [1.165, 1.54) is 4.88 Å². The third-order valence-corrected chi connectivity index (χ3v) is 5.46. The van der Waals surface area contributed by atoms with Crippen molar-refractivity contribution >= 4 is 33.3 Å². The summed E-state index contributed by atoms with van der Waals surface area (Å²) in [5, 5.41) is 16.3. The van der Waals surface area contributed by atoms with E-state index in [0.717, 1.165) is 27.2 Å². The van der Waals surface area contributed by atoms with Crippen LogP contribution in [0.4, 0.5) is 5.82 Å². The van der Waals surface area contributed by atoms with Crippen LogP contribution in [0.1, 0.15) is 24.6 Å². The van der Waals surface area contributed by atoms with Crippen LogP contribution in [0.5, 0.6) is 0 Å². The van der Waals surface area contributed by atoms with Crippen molar-refractivity contribution < 1.29 is 9.90 Å². The molecule has 27 heavy (non-hydrogen) atoms. The summed E-state index contributed by atoms with van der Waals surface area (Å²) in [6.45, 7) is 4.44. The largest absolute Gasteiger partial charge is 0.394 e. The molecule has 1 amide bonds. The van der Waals surface area contributed by atoms with E-state index < -0.39 is 0 Å². The number of thiophene rings is 1. The Hall–Kier alpha value is -2.51. The number of nitrogens with zero attached hydrogens (tertiary/aromatic N) is 2. The Labute approximate surface area is 162 Å². The molecule has 3 aromatic rings. The van der Waals surface area contributed by atoms with Gasteiger partial charge in [-0.05, 0) is 18.9 Å². The summed E-state index contributed by atoms with van der Waals surface area (Å²) < 4.78 is 0. The molecule has 0 saturated carbocycles. The SMILES string of the molecule is CCC(CO)NC(=O)CCNc1ncnc2sc(C)c(-c3ccccc3)c12. The van der Waals surface area contributed by atoms with E-state index in [-0.39, 0.29) is 18.6 Å². The third-order valence-electron chi connectivity index (χ3n) is 4.45. The van der Waals surface area contributed by atoms with Crippen LogP contribution in [0.3, 0.4) is 0 Å². The molecular weight excluding hydrogens is 360 g/mol. The maximum Gasteiger partial charge on any atom is 0.222 e. The molecule has 1 atom stereocenters. The second-order valence-electron chi connectivity index (χ2n) is 6.33. The van der Waals surface area contributed by atoms with E-state index in [0.29, 0.717) is 19.4 Å². The standard InChI is InChI=1S/C20H24N4O2S/c1-3-15(11-25)24-16(26)9-10-21-19-18-17(14-7-5-4-6-8-14)13(2)27-20(18)23-12-22-19/h4-8,12,15,25H,3,9-11H2,1-2H3,(H,24,26)(H,21,22,23). The van der Waals surface area contributed by atoms with Crippen LogP contribution >= 0.6 is 11.3 Å². The Morgan fingerprint density at radius 1 is 1.26 bits per heavy atom. The summed E-state index contributed by atoms with van der Waals surface area (Å²) in [6.07, 6.45) is 2.57. The quantitative estimate of drug-likeness (QED) is 0.554. The van der Waals surface area contributed by atoms with Crippen molar-refractivity contribution in [3.8, 4) is 11.1 Å². The van der Waals surface area contributed by atoms with Crippen molar-refractivity contribution in [2.45, 2.75) is 32.7 Å². The molecule has 3 rings (SSSR count). The number of hydrogen-bond donors (Lipinski definition) is 3. The number of benzene rings is 1. The Morgan fingerprint density at radius 3 is 2.74 bits per heavy atom. The van der Waals surface area contributed by atoms with Crippen molar-refractivity contribution in [3.05, 3.63) is 41.5 Å². The van der Waals surface area contributed by atoms with Crippen LogP contribution in [0.2, 0.25) is 0 Å². The molecule has 2 heterocycles. The molecule has 142 valence electrons. The van der Waals surface area contributed by atoms with E-state index >= 15 is 0 Å². The maximum atomic E-state index is 12.0. The number of aliphatic hydroxyl groups is 1. The molecule has 0 fully saturated rings. The van der Waals surface area contributed by atoms with Crippen LogP contribution < -0.4 is 10.6 Å². The lowest BCUT2D eigenvalue weighted by atomic mass is 10.0. The van der Waals surface area contributed by atoms with Crippen LogP contribution in [0, 0.1) is 6.92 Å². The highest BCUT2D eigenvalue weighted by Gasteiger charge is 2.16. The number of amides is 1. The Bertz CT molecular complexity index is 907. The van der Waals surface area contributed by atoms with Gasteiger partial charge in [0.15, 0.2) is 0 Å². The summed E-state index contributed by atoms with van der Waals surface area (Å²) in [4.78, 5) is 23.0. The average Bonchev–Trinajstić information content (AvgIpc) is 3.03. The predicted molar refractivity (Wildman–Crippen MR) is 110 cm³/mol. The van der Waals surface area contributed by atoms with Gasteiger partial charge in [0, 0.05) is 23.4 Å². The van der Waals surface area contributed by atoms with Gasteiger partial charge in [-0.15, -0.1) is 11.3 Å². The van der Waals surface area contributed by atoms with Gasteiger partial charge in [0.25, 0.3) is 0 Å². The predicted octanol–water partition coefficient (Wildman–Crippen LogP) is 3.36. The number of fused-ring (bicyclic) bond motifs is 1. The minimum absolute atomic E-state index is 0.0448. The first kappa shape index (κ1) is 19.3. The Balaban J connectivity index is 1.78. The molecular formula is C20H24N4O2S. The fourth-order valence-electron chi connectivity index (χ4n) is 3.00. The zero-order valence-corrected chi connectivity index (χ0v) is 16.3. The minimum Gasteiger partial charge on any atom is -0.394 e. The van der Waals surface area contributed by atoms with Gasteiger partial charge >= 0.3 is 0 Å². The first-order chi connectivity index (χ1) is 13.1. The van der Waals surface area contributed by atoms with E-state index in [1.807, 2.05) is 25.1 Å². The second kappa shape index (κ2) is 8.92. The van der Waals surface area contributed by atoms with Gasteiger partial charge in [-0.2, -0.15) is 0 Å². The molecule has 2 aromatic heterocycles. The van der Waals surface area contributed by atoms with Crippen molar-refractivity contribution in [2.75, 3.05) is 18.5 Å². The summed E-state index contributed by atoms with van der Waals surface area (Å²) in [6, 6.07) is 10.0. The number of aromatic nitrogens is 2. The summed E-state index contributed by atoms with van der Waals surface area (Å²) >= 11 is 1.64. The summed E-state index contributed by atoms with van der Waals surface area (Å²) in [5.74, 6) is 0.656. The molecule has 7 heteroatoms. The lowest BCUT2D eigenvalue weighted by Crippen LogP contribution is -2.37. The molecule has 1 unspecified atom stereocenters. The second-order valence-corrected chi connectivity index (χ2v) is 7.54. The van der Waals surface area contributed by atoms with Gasteiger partial charge in [0.05, 0.1) is 18.0 Å². The monoisotopic (exact) mass is 384 g/mol. The van der Waals surface area contributed by atoms with Gasteiger partial charge in [-0.25, -0.2) is 9.97 Å². The molecule has 0 saturated heterocycles. The number of rotatable bonds is 8. The number of carbonyl (C=O) groups excluding carboxylic acids is 1. The normalized spacial score (nSPS) is 12.1. The van der Waals surface area contributed by atoms with Crippen molar-refractivity contribution in [1.29, 1.82) is 0 Å². The van der Waals surface area contributed by atoms with Crippen molar-refractivity contribution in [3.63, 3.8) is 0 Å². The smallest absolute Gasteiger partial charge is 0.222 e. The average molecular weight is 385 g/mol. The number of nitrogens with one attached hydrogen (secondary N) is 2. The van der Waals surface area contributed by atoms with Crippen LogP contribution in [0.25, 0.3) is 21.3 Å². The lowest BCUT2D eigenvalue weighted by Gasteiger charge is -2.14. The maximum absolute atomic E-state index is 12.0. The number of carbonyl (C=O) groups is 1. The molecule has 0 bridgehead atoms. The highest BCUT2D eigenvalue weighted by Crippen LogP contribution is 2.40. The van der Waals surface area contributed by atoms with Gasteiger partial charge < -0.3 is 15.7 Å². The Morgan fingerprint density at radius 2 is 2.04 bits per heavy atom. The Kier molecular flexibility index (Phi) is 6.36. The van der Waals surface area contributed by atoms with E-state index in [2.05, 4.69) is 39.7 Å². The number of anilines is 1. The molecule has 0 aliphatic rings. The van der Waals surface area contributed by atoms with Crippen LogP contribution in [-0.4, -0.2) is 40.2 Å². The molecule has 0 radical (unpaired) electrons. The van der Waals surface area contributed by atoms with E-state index in [9.17, 15) is 9.90 Å². The van der Waals surface area contributed by atoms with E-state index in [1.54, 1.807) is 17.7 Å². The first-order valence-corrected chi connectivity index (χ1v) is 9.89. The first-order valence-electron chi connectivity index (χ1n) is 9.07. The highest BCUT2D eigenvalue weighted by molar-refractivity contribution is 7.19. The van der Waals surface area contributed by atoms with Crippen molar-refractivity contribution in [1.82, 2.24) is 15.3 Å². The fourth-order valence-corrected chi connectivity index (χ4v) is 4.01. The van der Waals surface area contributed by atoms with E-state index in [4.69, 9.17) is 0 Å². The molecule has 1 aromatic carbocycles. The zero-order valence-electron chi connectivity index (χ0n) is 15.5. The van der Waals surface area contributed by atoms with Gasteiger partial charge in [0.1, 0.15) is 17.0 Å². The van der Waals surface area contributed by atoms with Crippen LogP contribution in [-0.2, 0) is 4.79 Å². The molecule has 0 aliphatic carbocycles.